The zero-order valence-corrected chi connectivity index (χ0v) is 13.2. The van der Waals surface area contributed by atoms with Gasteiger partial charge in [0.1, 0.15) is 18.1 Å². The van der Waals surface area contributed by atoms with Gasteiger partial charge in [-0.1, -0.05) is 20.8 Å². The predicted molar refractivity (Wildman–Crippen MR) is 81.3 cm³/mol. The van der Waals surface area contributed by atoms with Crippen LogP contribution in [0.3, 0.4) is 0 Å². The Morgan fingerprint density at radius 2 is 2.05 bits per heavy atom. The molecule has 4 heteroatoms. The normalized spacial score (nSPS) is 14.2. The van der Waals surface area contributed by atoms with Crippen LogP contribution in [0.15, 0.2) is 18.2 Å². The highest BCUT2D eigenvalue weighted by molar-refractivity contribution is 5.40. The molecule has 1 aromatic carbocycles. The summed E-state index contributed by atoms with van der Waals surface area (Å²) in [7, 11) is 1.65. The molecular formula is C16H27NO3. The van der Waals surface area contributed by atoms with E-state index >= 15 is 0 Å². The van der Waals surface area contributed by atoms with Crippen LogP contribution in [0.1, 0.15) is 33.3 Å². The van der Waals surface area contributed by atoms with Crippen LogP contribution in [0.25, 0.3) is 0 Å². The van der Waals surface area contributed by atoms with Crippen LogP contribution >= 0.6 is 0 Å². The zero-order valence-electron chi connectivity index (χ0n) is 13.2. The van der Waals surface area contributed by atoms with E-state index in [4.69, 9.17) is 9.47 Å². The van der Waals surface area contributed by atoms with Crippen molar-refractivity contribution in [3.8, 4) is 11.5 Å². The fourth-order valence-electron chi connectivity index (χ4n) is 1.61. The smallest absolute Gasteiger partial charge is 0.124 e. The summed E-state index contributed by atoms with van der Waals surface area (Å²) in [5.74, 6) is 1.73. The molecule has 1 aromatic rings. The average molecular weight is 281 g/mol. The van der Waals surface area contributed by atoms with Gasteiger partial charge < -0.3 is 19.9 Å². The second-order valence-electron chi connectivity index (χ2n) is 5.55. The zero-order chi connectivity index (χ0) is 15.2. The largest absolute Gasteiger partial charge is 0.497 e. The van der Waals surface area contributed by atoms with E-state index in [0.29, 0.717) is 6.54 Å². The molecule has 1 atom stereocenters. The van der Waals surface area contributed by atoms with E-state index in [1.807, 2.05) is 32.0 Å². The summed E-state index contributed by atoms with van der Waals surface area (Å²) in [6.07, 6.45) is 0. The molecule has 0 heterocycles. The first-order chi connectivity index (χ1) is 9.40. The van der Waals surface area contributed by atoms with Gasteiger partial charge in [-0.2, -0.15) is 0 Å². The Morgan fingerprint density at radius 3 is 2.60 bits per heavy atom. The summed E-state index contributed by atoms with van der Waals surface area (Å²) >= 11 is 0. The fraction of sp³-hybridized carbons (Fsp3) is 0.625. The Morgan fingerprint density at radius 1 is 1.35 bits per heavy atom. The van der Waals surface area contributed by atoms with Crippen molar-refractivity contribution in [2.45, 2.75) is 39.8 Å². The molecule has 0 amide bonds. The van der Waals surface area contributed by atoms with Crippen LogP contribution in [0.2, 0.25) is 0 Å². The summed E-state index contributed by atoms with van der Waals surface area (Å²) in [5.41, 5.74) is 0.195. The lowest BCUT2D eigenvalue weighted by Gasteiger charge is -2.28. The van der Waals surface area contributed by atoms with Gasteiger partial charge in [-0.25, -0.2) is 0 Å². The van der Waals surface area contributed by atoms with Crippen LogP contribution in [-0.4, -0.2) is 31.0 Å². The van der Waals surface area contributed by atoms with Crippen LogP contribution < -0.4 is 14.8 Å². The van der Waals surface area contributed by atoms with E-state index in [9.17, 15) is 5.11 Å². The molecule has 0 bridgehead atoms. The second-order valence-corrected chi connectivity index (χ2v) is 5.55. The van der Waals surface area contributed by atoms with Crippen molar-refractivity contribution in [2.75, 3.05) is 20.3 Å². The van der Waals surface area contributed by atoms with E-state index in [2.05, 4.69) is 12.2 Å². The van der Waals surface area contributed by atoms with Gasteiger partial charge in [-0.15, -0.1) is 0 Å². The molecule has 4 nitrogen and oxygen atoms in total. The molecule has 0 fully saturated rings. The summed E-state index contributed by atoms with van der Waals surface area (Å²) in [4.78, 5) is 0. The van der Waals surface area contributed by atoms with Crippen LogP contribution in [0.5, 0.6) is 11.5 Å². The molecule has 0 aliphatic heterocycles. The van der Waals surface area contributed by atoms with Gasteiger partial charge in [-0.05, 0) is 37.6 Å². The Balaban J connectivity index is 2.82. The van der Waals surface area contributed by atoms with Crippen molar-refractivity contribution in [3.05, 3.63) is 23.8 Å². The molecular weight excluding hydrogens is 254 g/mol. The first kappa shape index (κ1) is 16.8. The quantitative estimate of drug-likeness (QED) is 0.769. The molecule has 114 valence electrons. The summed E-state index contributed by atoms with van der Waals surface area (Å²) in [5, 5.41) is 13.5. The molecule has 1 rings (SSSR count). The SMILES string of the molecule is CCNCc1cc(OC)ccc1OCC(C)(O)C(C)C. The van der Waals surface area contributed by atoms with E-state index in [-0.39, 0.29) is 12.5 Å². The van der Waals surface area contributed by atoms with Gasteiger partial charge in [0, 0.05) is 12.1 Å². The minimum atomic E-state index is -0.838. The number of hydrogen-bond donors (Lipinski definition) is 2. The minimum Gasteiger partial charge on any atom is -0.497 e. The molecule has 1 unspecified atom stereocenters. The first-order valence-corrected chi connectivity index (χ1v) is 7.13. The number of ether oxygens (including phenoxy) is 2. The Bertz CT molecular complexity index is 416. The predicted octanol–water partition coefficient (Wildman–Crippen LogP) is 2.59. The highest BCUT2D eigenvalue weighted by Crippen LogP contribution is 2.26. The molecule has 2 N–H and O–H groups in total. The van der Waals surface area contributed by atoms with Gasteiger partial charge in [0.25, 0.3) is 0 Å². The van der Waals surface area contributed by atoms with E-state index < -0.39 is 5.60 Å². The van der Waals surface area contributed by atoms with Gasteiger partial charge in [0.05, 0.1) is 12.7 Å². The summed E-state index contributed by atoms with van der Waals surface area (Å²) in [6.45, 7) is 9.70. The number of benzene rings is 1. The van der Waals surface area contributed by atoms with Gasteiger partial charge >= 0.3 is 0 Å². The average Bonchev–Trinajstić information content (AvgIpc) is 2.43. The van der Waals surface area contributed by atoms with E-state index in [0.717, 1.165) is 23.6 Å². The molecule has 0 aliphatic carbocycles. The third-order valence-corrected chi connectivity index (χ3v) is 3.60. The van der Waals surface area contributed by atoms with Gasteiger partial charge in [0.15, 0.2) is 0 Å². The summed E-state index contributed by atoms with van der Waals surface area (Å²) < 4.78 is 11.1. The maximum atomic E-state index is 10.3. The van der Waals surface area contributed by atoms with Crippen molar-refractivity contribution >= 4 is 0 Å². The number of aliphatic hydroxyl groups is 1. The van der Waals surface area contributed by atoms with Crippen molar-refractivity contribution in [1.82, 2.24) is 5.32 Å². The van der Waals surface area contributed by atoms with Crippen LogP contribution in [0, 0.1) is 5.92 Å². The Kier molecular flexibility index (Phi) is 6.30. The van der Waals surface area contributed by atoms with Crippen LogP contribution in [0.4, 0.5) is 0 Å². The molecule has 0 saturated heterocycles. The third kappa shape index (κ3) is 4.69. The Hall–Kier alpha value is -1.26. The van der Waals surface area contributed by atoms with E-state index in [1.165, 1.54) is 0 Å². The molecule has 0 aromatic heterocycles. The number of rotatable bonds is 8. The number of methoxy groups -OCH3 is 1. The number of nitrogens with one attached hydrogen (secondary N) is 1. The third-order valence-electron chi connectivity index (χ3n) is 3.60. The summed E-state index contributed by atoms with van der Waals surface area (Å²) in [6, 6.07) is 5.72. The number of hydrogen-bond acceptors (Lipinski definition) is 4. The second kappa shape index (κ2) is 7.50. The first-order valence-electron chi connectivity index (χ1n) is 7.13. The lowest BCUT2D eigenvalue weighted by atomic mass is 9.94. The van der Waals surface area contributed by atoms with Gasteiger partial charge in [0.2, 0.25) is 0 Å². The highest BCUT2D eigenvalue weighted by Gasteiger charge is 2.26. The fourth-order valence-corrected chi connectivity index (χ4v) is 1.61. The molecule has 0 saturated carbocycles. The molecule has 0 spiro atoms. The monoisotopic (exact) mass is 281 g/mol. The molecule has 20 heavy (non-hydrogen) atoms. The van der Waals surface area contributed by atoms with Gasteiger partial charge in [-0.3, -0.25) is 0 Å². The maximum Gasteiger partial charge on any atom is 0.124 e. The topological polar surface area (TPSA) is 50.7 Å². The van der Waals surface area contributed by atoms with Crippen molar-refractivity contribution in [2.24, 2.45) is 5.92 Å². The highest BCUT2D eigenvalue weighted by atomic mass is 16.5. The molecule has 0 aliphatic rings. The minimum absolute atomic E-state index is 0.137. The Labute approximate surface area is 122 Å². The van der Waals surface area contributed by atoms with Crippen molar-refractivity contribution in [1.29, 1.82) is 0 Å². The lowest BCUT2D eigenvalue weighted by Crippen LogP contribution is -2.38. The van der Waals surface area contributed by atoms with Crippen molar-refractivity contribution < 1.29 is 14.6 Å². The van der Waals surface area contributed by atoms with E-state index in [1.54, 1.807) is 14.0 Å². The standard InChI is InChI=1S/C16H27NO3/c1-6-17-10-13-9-14(19-5)7-8-15(13)20-11-16(4,18)12(2)3/h7-9,12,17-18H,6,10-11H2,1-5H3. The van der Waals surface area contributed by atoms with Crippen LogP contribution in [-0.2, 0) is 6.54 Å². The van der Waals surface area contributed by atoms with Crippen molar-refractivity contribution in [3.63, 3.8) is 0 Å². The lowest BCUT2D eigenvalue weighted by molar-refractivity contribution is -0.0268. The maximum absolute atomic E-state index is 10.3. The molecule has 0 radical (unpaired) electrons.